The van der Waals surface area contributed by atoms with Gasteiger partial charge in [-0.2, -0.15) is 4.98 Å². The highest BCUT2D eigenvalue weighted by atomic mass is 16.4. The highest BCUT2D eigenvalue weighted by molar-refractivity contribution is 5.86. The third-order valence-electron chi connectivity index (χ3n) is 4.58. The van der Waals surface area contributed by atoms with Crippen molar-refractivity contribution in [3.63, 3.8) is 0 Å². The topological polar surface area (TPSA) is 58.4 Å². The summed E-state index contributed by atoms with van der Waals surface area (Å²) in [6.45, 7) is 5.31. The number of hydrogen-bond acceptors (Lipinski definition) is 4. The van der Waals surface area contributed by atoms with Gasteiger partial charge in [0.25, 0.3) is 6.01 Å². The molecule has 21 heavy (non-hydrogen) atoms. The van der Waals surface area contributed by atoms with E-state index in [4.69, 9.17) is 4.42 Å². The van der Waals surface area contributed by atoms with Crippen molar-refractivity contribution in [2.45, 2.75) is 19.3 Å². The van der Waals surface area contributed by atoms with E-state index in [1.54, 1.807) is 0 Å². The molecule has 5 heteroatoms. The molecule has 2 aromatic rings. The van der Waals surface area contributed by atoms with E-state index in [9.17, 15) is 4.79 Å². The molecule has 2 fully saturated rings. The van der Waals surface area contributed by atoms with Gasteiger partial charge >= 0.3 is 0 Å². The van der Waals surface area contributed by atoms with E-state index < -0.39 is 0 Å². The Morgan fingerprint density at radius 1 is 1.33 bits per heavy atom. The fourth-order valence-corrected chi connectivity index (χ4v) is 3.28. The van der Waals surface area contributed by atoms with Crippen molar-refractivity contribution in [3.05, 3.63) is 36.5 Å². The number of benzene rings is 1. The average molecular weight is 283 g/mol. The molecule has 2 saturated heterocycles. The Hall–Kier alpha value is -2.30. The monoisotopic (exact) mass is 283 g/mol. The molecule has 4 rings (SSSR count). The highest BCUT2D eigenvalue weighted by Crippen LogP contribution is 2.40. The summed E-state index contributed by atoms with van der Waals surface area (Å²) in [7, 11) is 0. The van der Waals surface area contributed by atoms with Crippen molar-refractivity contribution < 1.29 is 9.21 Å². The Balaban J connectivity index is 1.61. The third-order valence-corrected chi connectivity index (χ3v) is 4.58. The van der Waals surface area contributed by atoms with Crippen LogP contribution in [0.15, 0.2) is 41.0 Å². The molecule has 1 atom stereocenters. The molecule has 2 aliphatic rings. The zero-order valence-corrected chi connectivity index (χ0v) is 11.8. The van der Waals surface area contributed by atoms with Gasteiger partial charge in [0.05, 0.1) is 5.41 Å². The van der Waals surface area contributed by atoms with Crippen molar-refractivity contribution in [2.24, 2.45) is 5.41 Å². The molecule has 1 aromatic heterocycles. The summed E-state index contributed by atoms with van der Waals surface area (Å²) < 4.78 is 5.81. The maximum atomic E-state index is 12.3. The minimum atomic E-state index is -0.318. The van der Waals surface area contributed by atoms with Gasteiger partial charge in [0.2, 0.25) is 5.91 Å². The molecule has 0 saturated carbocycles. The number of anilines is 1. The van der Waals surface area contributed by atoms with Gasteiger partial charge in [0, 0.05) is 18.8 Å². The van der Waals surface area contributed by atoms with Crippen molar-refractivity contribution >= 4 is 23.0 Å². The molecule has 1 amide bonds. The van der Waals surface area contributed by atoms with Gasteiger partial charge in [-0.1, -0.05) is 18.7 Å². The van der Waals surface area contributed by atoms with Crippen molar-refractivity contribution in [3.8, 4) is 0 Å². The lowest BCUT2D eigenvalue weighted by molar-refractivity contribution is -0.131. The van der Waals surface area contributed by atoms with Crippen molar-refractivity contribution in [1.82, 2.24) is 10.3 Å². The molecule has 108 valence electrons. The molecule has 0 bridgehead atoms. The minimum absolute atomic E-state index is 0.0948. The fourth-order valence-electron chi connectivity index (χ4n) is 3.28. The van der Waals surface area contributed by atoms with E-state index in [1.807, 2.05) is 24.3 Å². The fraction of sp³-hybridized carbons (Fsp3) is 0.375. The lowest BCUT2D eigenvalue weighted by Gasteiger charge is -2.32. The number of aromatic nitrogens is 1. The van der Waals surface area contributed by atoms with E-state index in [1.165, 1.54) is 0 Å². The van der Waals surface area contributed by atoms with Gasteiger partial charge < -0.3 is 14.6 Å². The number of fused-ring (bicyclic) bond motifs is 1. The van der Waals surface area contributed by atoms with Crippen LogP contribution in [-0.4, -0.2) is 24.0 Å². The molecule has 1 spiro atoms. The zero-order chi connectivity index (χ0) is 14.4. The standard InChI is InChI=1S/C16H17N3O2/c1-11-6-7-16(14(20)17-11)8-9-19(10-16)15-18-12-4-2-3-5-13(12)21-15/h2-5H,1,6-10H2,(H,17,20). The Morgan fingerprint density at radius 3 is 3.00 bits per heavy atom. The van der Waals surface area contributed by atoms with Gasteiger partial charge in [-0.25, -0.2) is 0 Å². The van der Waals surface area contributed by atoms with E-state index in [2.05, 4.69) is 21.8 Å². The minimum Gasteiger partial charge on any atom is -0.423 e. The van der Waals surface area contributed by atoms with Crippen molar-refractivity contribution in [1.29, 1.82) is 0 Å². The summed E-state index contributed by atoms with van der Waals surface area (Å²) in [6, 6.07) is 8.34. The van der Waals surface area contributed by atoms with Crippen LogP contribution in [0, 0.1) is 5.41 Å². The summed E-state index contributed by atoms with van der Waals surface area (Å²) in [6.07, 6.45) is 2.55. The second-order valence-corrected chi connectivity index (χ2v) is 5.97. The maximum Gasteiger partial charge on any atom is 0.298 e. The van der Waals surface area contributed by atoms with Crippen LogP contribution in [0.4, 0.5) is 6.01 Å². The normalized spacial score (nSPS) is 25.8. The van der Waals surface area contributed by atoms with Crippen LogP contribution in [0.2, 0.25) is 0 Å². The third kappa shape index (κ3) is 1.92. The van der Waals surface area contributed by atoms with Crippen LogP contribution in [-0.2, 0) is 4.79 Å². The Kier molecular flexibility index (Phi) is 2.58. The molecule has 0 radical (unpaired) electrons. The molecular weight excluding hydrogens is 266 g/mol. The van der Waals surface area contributed by atoms with Crippen LogP contribution in [0.3, 0.4) is 0 Å². The smallest absolute Gasteiger partial charge is 0.298 e. The number of nitrogens with one attached hydrogen (secondary N) is 1. The van der Waals surface area contributed by atoms with E-state index >= 15 is 0 Å². The molecule has 3 heterocycles. The quantitative estimate of drug-likeness (QED) is 0.873. The summed E-state index contributed by atoms with van der Waals surface area (Å²) in [4.78, 5) is 18.9. The van der Waals surface area contributed by atoms with Crippen LogP contribution in [0.5, 0.6) is 0 Å². The first-order valence-electron chi connectivity index (χ1n) is 7.26. The van der Waals surface area contributed by atoms with Gasteiger partial charge in [0.15, 0.2) is 5.58 Å². The Morgan fingerprint density at radius 2 is 2.19 bits per heavy atom. The van der Waals surface area contributed by atoms with Gasteiger partial charge in [-0.05, 0) is 31.4 Å². The predicted molar refractivity (Wildman–Crippen MR) is 79.8 cm³/mol. The van der Waals surface area contributed by atoms with Gasteiger partial charge in [0.1, 0.15) is 5.52 Å². The van der Waals surface area contributed by atoms with Gasteiger partial charge in [-0.15, -0.1) is 0 Å². The summed E-state index contributed by atoms with van der Waals surface area (Å²) in [5, 5.41) is 2.90. The number of oxazole rings is 1. The van der Waals surface area contributed by atoms with E-state index in [-0.39, 0.29) is 11.3 Å². The summed E-state index contributed by atoms with van der Waals surface area (Å²) >= 11 is 0. The number of hydrogen-bond donors (Lipinski definition) is 1. The zero-order valence-electron chi connectivity index (χ0n) is 11.8. The number of allylic oxidation sites excluding steroid dienone is 1. The molecule has 5 nitrogen and oxygen atoms in total. The lowest BCUT2D eigenvalue weighted by atomic mass is 9.78. The molecule has 0 aliphatic carbocycles. The summed E-state index contributed by atoms with van der Waals surface area (Å²) in [5.74, 6) is 0.0948. The molecular formula is C16H17N3O2. The maximum absolute atomic E-state index is 12.3. The molecule has 1 aromatic carbocycles. The lowest BCUT2D eigenvalue weighted by Crippen LogP contribution is -2.46. The molecule has 1 unspecified atom stereocenters. The number of rotatable bonds is 1. The number of amides is 1. The second kappa shape index (κ2) is 4.35. The second-order valence-electron chi connectivity index (χ2n) is 5.97. The SMILES string of the molecule is C=C1CCC2(CCN(c3nc4ccccc4o3)C2)C(=O)N1. The Bertz CT molecular complexity index is 703. The average Bonchev–Trinajstić information content (AvgIpc) is 3.08. The van der Waals surface area contributed by atoms with Crippen LogP contribution < -0.4 is 10.2 Å². The summed E-state index contributed by atoms with van der Waals surface area (Å²) in [5.41, 5.74) is 2.15. The number of para-hydroxylation sites is 2. The van der Waals surface area contributed by atoms with Gasteiger partial charge in [-0.3, -0.25) is 4.79 Å². The first kappa shape index (κ1) is 12.4. The largest absolute Gasteiger partial charge is 0.423 e. The van der Waals surface area contributed by atoms with Crippen LogP contribution in [0.25, 0.3) is 11.1 Å². The number of nitrogens with zero attached hydrogens (tertiary/aromatic N) is 2. The van der Waals surface area contributed by atoms with Crippen LogP contribution >= 0.6 is 0 Å². The van der Waals surface area contributed by atoms with Crippen LogP contribution in [0.1, 0.15) is 19.3 Å². The number of carbonyl (C=O) groups excluding carboxylic acids is 1. The van der Waals surface area contributed by atoms with E-state index in [0.29, 0.717) is 12.6 Å². The first-order chi connectivity index (χ1) is 10.2. The predicted octanol–water partition coefficient (Wildman–Crippen LogP) is 2.45. The van der Waals surface area contributed by atoms with Crippen molar-refractivity contribution in [2.75, 3.05) is 18.0 Å². The van der Waals surface area contributed by atoms with E-state index in [0.717, 1.165) is 42.6 Å². The Labute approximate surface area is 122 Å². The molecule has 1 N–H and O–H groups in total. The molecule has 2 aliphatic heterocycles. The first-order valence-corrected chi connectivity index (χ1v) is 7.26. The number of piperidine rings is 1. The highest BCUT2D eigenvalue weighted by Gasteiger charge is 2.47. The number of carbonyl (C=O) groups is 1.